The summed E-state index contributed by atoms with van der Waals surface area (Å²) in [7, 11) is 6.47. The smallest absolute Gasteiger partial charge is 0.434 e. The third kappa shape index (κ3) is 10.1. The zero-order valence-electron chi connectivity index (χ0n) is 13.1. The average molecular weight is 365 g/mol. The molecule has 0 spiro atoms. The lowest BCUT2D eigenvalue weighted by Gasteiger charge is -2.27. The summed E-state index contributed by atoms with van der Waals surface area (Å²) >= 11 is 3.57. The van der Waals surface area contributed by atoms with Crippen LogP contribution in [0.15, 0.2) is 4.99 Å². The van der Waals surface area contributed by atoms with E-state index in [1.165, 1.54) is 26.3 Å². The molecule has 0 aromatic carbocycles. The molecule has 7 nitrogen and oxygen atoms in total. The van der Waals surface area contributed by atoms with E-state index in [9.17, 15) is 9.59 Å². The Labute approximate surface area is 134 Å². The van der Waals surface area contributed by atoms with Crippen molar-refractivity contribution in [2.24, 2.45) is 4.99 Å². The third-order valence-corrected chi connectivity index (χ3v) is 3.89. The summed E-state index contributed by atoms with van der Waals surface area (Å²) in [5.74, 6) is 0. The van der Waals surface area contributed by atoms with E-state index in [-0.39, 0.29) is 6.03 Å². The van der Waals surface area contributed by atoms with E-state index in [0.29, 0.717) is 10.9 Å². The Balaban J connectivity index is 0.000000400. The maximum atomic E-state index is 11.0. The minimum Gasteiger partial charge on any atom is -0.451 e. The molecule has 0 bridgehead atoms. The Bertz CT molecular complexity index is 350. The van der Waals surface area contributed by atoms with Gasteiger partial charge in [0, 0.05) is 32.0 Å². The molecule has 1 aliphatic rings. The summed E-state index contributed by atoms with van der Waals surface area (Å²) in [6.07, 6.45) is 5.53. The second-order valence-electron chi connectivity index (χ2n) is 4.81. The number of nitrogens with zero attached hydrogens (tertiary/aromatic N) is 2. The van der Waals surface area contributed by atoms with Crippen LogP contribution in [0, 0.1) is 0 Å². The molecule has 21 heavy (non-hydrogen) atoms. The van der Waals surface area contributed by atoms with Gasteiger partial charge in [0.15, 0.2) is 0 Å². The highest BCUT2D eigenvalue weighted by atomic mass is 79.9. The van der Waals surface area contributed by atoms with Gasteiger partial charge in [0.1, 0.15) is 0 Å². The normalized spacial score (nSPS) is 21.0. The van der Waals surface area contributed by atoms with Gasteiger partial charge < -0.3 is 20.3 Å². The fraction of sp³-hybridized carbons (Fsp3) is 0.769. The second-order valence-corrected chi connectivity index (χ2v) is 5.98. The highest BCUT2D eigenvalue weighted by Crippen LogP contribution is 2.24. The Kier molecular flexibility index (Phi) is 10.7. The van der Waals surface area contributed by atoms with Crippen molar-refractivity contribution in [3.63, 3.8) is 0 Å². The average Bonchev–Trinajstić information content (AvgIpc) is 2.47. The van der Waals surface area contributed by atoms with Crippen LogP contribution in [0.5, 0.6) is 0 Å². The van der Waals surface area contributed by atoms with Crippen molar-refractivity contribution in [3.05, 3.63) is 0 Å². The van der Waals surface area contributed by atoms with Crippen molar-refractivity contribution in [2.75, 3.05) is 28.3 Å². The number of amides is 3. The quantitative estimate of drug-likeness (QED) is 0.445. The number of carbonyl (C=O) groups excluding carboxylic acids is 2. The predicted octanol–water partition coefficient (Wildman–Crippen LogP) is 1.96. The maximum absolute atomic E-state index is 11.0. The molecule has 2 atom stereocenters. The van der Waals surface area contributed by atoms with Gasteiger partial charge in [-0.1, -0.05) is 28.8 Å². The molecule has 2 N–H and O–H groups in total. The summed E-state index contributed by atoms with van der Waals surface area (Å²) in [5.41, 5.74) is 0. The van der Waals surface area contributed by atoms with E-state index in [1.54, 1.807) is 26.0 Å². The van der Waals surface area contributed by atoms with Gasteiger partial charge in [-0.15, -0.1) is 0 Å². The number of methoxy groups -OCH3 is 1. The predicted molar refractivity (Wildman–Crippen MR) is 87.1 cm³/mol. The van der Waals surface area contributed by atoms with Crippen LogP contribution in [-0.4, -0.2) is 62.5 Å². The van der Waals surface area contributed by atoms with Gasteiger partial charge in [0.2, 0.25) is 0 Å². The molecule has 0 radical (unpaired) electrons. The van der Waals surface area contributed by atoms with Crippen LogP contribution in [0.4, 0.5) is 9.59 Å². The van der Waals surface area contributed by atoms with Crippen LogP contribution in [0.2, 0.25) is 0 Å². The number of urea groups is 1. The first-order valence-electron chi connectivity index (χ1n) is 6.81. The number of ether oxygens (including phenoxy) is 1. The molecular formula is C13H25BrN4O3. The molecule has 1 saturated carbocycles. The molecule has 122 valence electrons. The number of hydrogen-bond donors (Lipinski definition) is 2. The monoisotopic (exact) mass is 364 g/mol. The standard InChI is InChI=1S/C8H15BrN2O.C5H10N2O2/c1-10-8(12)11-7-5-3-2-4-6(7)9;1-7(2)4-6-5(8)9-3/h6-7H,2-5H2,1H3,(H2,10,11,12);4H,1-3H3. The SMILES string of the molecule is CNC(=O)NC1CCCCC1Br.COC(=O)N=CN(C)C. The number of rotatable bonds is 2. The fourth-order valence-corrected chi connectivity index (χ4v) is 2.42. The number of hydrogen-bond acceptors (Lipinski definition) is 3. The molecule has 0 heterocycles. The van der Waals surface area contributed by atoms with Crippen LogP contribution >= 0.6 is 15.9 Å². The van der Waals surface area contributed by atoms with Gasteiger partial charge >= 0.3 is 12.1 Å². The summed E-state index contributed by atoms with van der Waals surface area (Å²) in [6, 6.07) is 0.227. The zero-order chi connectivity index (χ0) is 16.3. The maximum Gasteiger partial charge on any atom is 0.434 e. The molecule has 0 aromatic heterocycles. The van der Waals surface area contributed by atoms with Crippen LogP contribution in [-0.2, 0) is 4.74 Å². The van der Waals surface area contributed by atoms with Gasteiger partial charge in [-0.25, -0.2) is 9.59 Å². The topological polar surface area (TPSA) is 83.0 Å². The molecular weight excluding hydrogens is 340 g/mol. The lowest BCUT2D eigenvalue weighted by Crippen LogP contribution is -2.46. The van der Waals surface area contributed by atoms with Gasteiger partial charge in [-0.2, -0.15) is 4.99 Å². The highest BCUT2D eigenvalue weighted by molar-refractivity contribution is 9.09. The number of halogens is 1. The van der Waals surface area contributed by atoms with Gasteiger partial charge in [-0.3, -0.25) is 0 Å². The molecule has 1 aliphatic carbocycles. The van der Waals surface area contributed by atoms with Crippen molar-refractivity contribution in [1.82, 2.24) is 15.5 Å². The van der Waals surface area contributed by atoms with E-state index in [1.807, 2.05) is 0 Å². The lowest BCUT2D eigenvalue weighted by atomic mass is 9.95. The minimum atomic E-state index is -0.580. The molecule has 0 saturated heterocycles. The van der Waals surface area contributed by atoms with Crippen LogP contribution < -0.4 is 10.6 Å². The lowest BCUT2D eigenvalue weighted by molar-refractivity contribution is 0.182. The Morgan fingerprint density at radius 1 is 1.33 bits per heavy atom. The summed E-state index contributed by atoms with van der Waals surface area (Å²) in [6.45, 7) is 0. The Morgan fingerprint density at radius 3 is 2.43 bits per heavy atom. The third-order valence-electron chi connectivity index (χ3n) is 2.79. The summed E-state index contributed by atoms with van der Waals surface area (Å²) in [5, 5.41) is 5.48. The molecule has 0 aliphatic heterocycles. The van der Waals surface area contributed by atoms with Gasteiger partial charge in [0.25, 0.3) is 0 Å². The van der Waals surface area contributed by atoms with E-state index in [4.69, 9.17) is 0 Å². The van der Waals surface area contributed by atoms with Gasteiger partial charge in [-0.05, 0) is 12.8 Å². The van der Waals surface area contributed by atoms with Crippen molar-refractivity contribution < 1.29 is 14.3 Å². The molecule has 2 unspecified atom stereocenters. The molecule has 8 heteroatoms. The summed E-state index contributed by atoms with van der Waals surface area (Å²) in [4.78, 5) is 26.7. The van der Waals surface area contributed by atoms with E-state index in [2.05, 4.69) is 36.3 Å². The first-order valence-corrected chi connectivity index (χ1v) is 7.73. The van der Waals surface area contributed by atoms with Crippen LogP contribution in [0.3, 0.4) is 0 Å². The summed E-state index contributed by atoms with van der Waals surface area (Å²) < 4.78 is 4.24. The van der Waals surface area contributed by atoms with Crippen molar-refractivity contribution in [2.45, 2.75) is 36.6 Å². The highest BCUT2D eigenvalue weighted by Gasteiger charge is 2.23. The van der Waals surface area contributed by atoms with E-state index >= 15 is 0 Å². The number of aliphatic imine (C=N–C) groups is 1. The fourth-order valence-electron chi connectivity index (χ4n) is 1.70. The number of alkyl halides is 1. The second kappa shape index (κ2) is 11.4. The van der Waals surface area contributed by atoms with Crippen LogP contribution in [0.25, 0.3) is 0 Å². The van der Waals surface area contributed by atoms with Gasteiger partial charge in [0.05, 0.1) is 13.4 Å². The zero-order valence-corrected chi connectivity index (χ0v) is 14.6. The molecule has 1 rings (SSSR count). The minimum absolute atomic E-state index is 0.0775. The number of nitrogens with one attached hydrogen (secondary N) is 2. The van der Waals surface area contributed by atoms with E-state index in [0.717, 1.165) is 12.8 Å². The van der Waals surface area contributed by atoms with Crippen molar-refractivity contribution >= 4 is 34.4 Å². The molecule has 0 aromatic rings. The van der Waals surface area contributed by atoms with Crippen molar-refractivity contribution in [3.8, 4) is 0 Å². The first-order chi connectivity index (χ1) is 9.90. The Morgan fingerprint density at radius 2 is 1.95 bits per heavy atom. The Hall–Kier alpha value is -1.31. The van der Waals surface area contributed by atoms with Crippen LogP contribution in [0.1, 0.15) is 25.7 Å². The molecule has 3 amide bonds. The first kappa shape index (κ1) is 19.7. The molecule has 1 fully saturated rings. The van der Waals surface area contributed by atoms with E-state index < -0.39 is 6.09 Å². The number of carbonyl (C=O) groups is 2. The van der Waals surface area contributed by atoms with Crippen molar-refractivity contribution in [1.29, 1.82) is 0 Å². The largest absolute Gasteiger partial charge is 0.451 e.